The molecule has 0 unspecified atom stereocenters. The molecule has 0 radical (unpaired) electrons. The highest BCUT2D eigenvalue weighted by molar-refractivity contribution is 8.18. The molecule has 1 heterocycles. The first kappa shape index (κ1) is 24.1. The maximum absolute atomic E-state index is 12.9. The minimum atomic E-state index is -0.529. The van der Waals surface area contributed by atoms with Crippen LogP contribution in [0.2, 0.25) is 5.02 Å². The van der Waals surface area contributed by atoms with Crippen molar-refractivity contribution in [2.24, 2.45) is 4.99 Å². The number of ether oxygens (including phenoxy) is 3. The van der Waals surface area contributed by atoms with Crippen molar-refractivity contribution in [2.45, 2.75) is 46.7 Å². The average Bonchev–Trinajstić information content (AvgIpc) is 2.95. The molecule has 0 spiro atoms. The van der Waals surface area contributed by atoms with Crippen LogP contribution in [0.4, 0.5) is 0 Å². The van der Waals surface area contributed by atoms with E-state index in [4.69, 9.17) is 21.1 Å². The Morgan fingerprint density at radius 3 is 2.53 bits per heavy atom. The Labute approximate surface area is 186 Å². The van der Waals surface area contributed by atoms with E-state index in [0.29, 0.717) is 28.0 Å². The van der Waals surface area contributed by atoms with E-state index >= 15 is 0 Å². The van der Waals surface area contributed by atoms with E-state index < -0.39 is 5.97 Å². The van der Waals surface area contributed by atoms with Gasteiger partial charge in [0.05, 0.1) is 23.6 Å². The van der Waals surface area contributed by atoms with Crippen molar-refractivity contribution in [2.75, 3.05) is 20.3 Å². The van der Waals surface area contributed by atoms with Crippen LogP contribution in [0.3, 0.4) is 0 Å². The summed E-state index contributed by atoms with van der Waals surface area (Å²) in [6.07, 6.45) is 1.75. The average molecular weight is 455 g/mol. The molecule has 0 saturated carbocycles. The second-order valence-corrected chi connectivity index (χ2v) is 8.43. The largest absolute Gasteiger partial charge is 0.490 e. The fourth-order valence-corrected chi connectivity index (χ4v) is 4.18. The number of halogens is 1. The molecule has 7 nitrogen and oxygen atoms in total. The molecule has 0 atom stereocenters. The third-order valence-corrected chi connectivity index (χ3v) is 5.19. The summed E-state index contributed by atoms with van der Waals surface area (Å²) in [4.78, 5) is 31.1. The van der Waals surface area contributed by atoms with E-state index in [1.165, 1.54) is 18.9 Å². The van der Waals surface area contributed by atoms with Gasteiger partial charge in [0.15, 0.2) is 23.3 Å². The van der Waals surface area contributed by atoms with Gasteiger partial charge in [-0.1, -0.05) is 11.6 Å². The number of esters is 1. The van der Waals surface area contributed by atoms with Crippen molar-refractivity contribution in [3.05, 3.63) is 27.6 Å². The molecule has 1 fully saturated rings. The summed E-state index contributed by atoms with van der Waals surface area (Å²) < 4.78 is 15.7. The molecule has 1 amide bonds. The summed E-state index contributed by atoms with van der Waals surface area (Å²) in [6, 6.07) is 3.45. The zero-order valence-electron chi connectivity index (χ0n) is 18.0. The fraction of sp³-hybridized carbons (Fsp3) is 0.476. The zero-order valence-corrected chi connectivity index (χ0v) is 19.6. The maximum atomic E-state index is 12.9. The van der Waals surface area contributed by atoms with Gasteiger partial charge >= 0.3 is 5.97 Å². The minimum absolute atomic E-state index is 0.00919. The lowest BCUT2D eigenvalue weighted by Crippen LogP contribution is -2.35. The lowest BCUT2D eigenvalue weighted by Gasteiger charge is -2.20. The highest BCUT2D eigenvalue weighted by Gasteiger charge is 2.35. The SMILES string of the molecule is CCOc1cc(/C=C2/SC(=NC(C)C)N(C(C)C)C2=O)cc(Cl)c1OCC(=O)OC. The monoisotopic (exact) mass is 454 g/mol. The molecule has 1 saturated heterocycles. The highest BCUT2D eigenvalue weighted by Crippen LogP contribution is 2.39. The normalized spacial score (nSPS) is 16.8. The van der Waals surface area contributed by atoms with Crippen LogP contribution in [0.5, 0.6) is 11.5 Å². The van der Waals surface area contributed by atoms with Gasteiger partial charge < -0.3 is 14.2 Å². The van der Waals surface area contributed by atoms with E-state index in [-0.39, 0.29) is 35.4 Å². The van der Waals surface area contributed by atoms with Gasteiger partial charge in [0.2, 0.25) is 0 Å². The molecule has 164 valence electrons. The first-order valence-electron chi connectivity index (χ1n) is 9.64. The number of nitrogens with zero attached hydrogens (tertiary/aromatic N) is 2. The maximum Gasteiger partial charge on any atom is 0.343 e. The van der Waals surface area contributed by atoms with E-state index in [9.17, 15) is 9.59 Å². The number of aliphatic imine (C=N–C) groups is 1. The number of carbonyl (C=O) groups is 2. The summed E-state index contributed by atoms with van der Waals surface area (Å²) in [5, 5.41) is 0.953. The van der Waals surface area contributed by atoms with Gasteiger partial charge in [0.25, 0.3) is 5.91 Å². The molecule has 2 rings (SSSR count). The Hall–Kier alpha value is -2.19. The topological polar surface area (TPSA) is 77.4 Å². The van der Waals surface area contributed by atoms with Gasteiger partial charge in [-0.05, 0) is 70.2 Å². The molecule has 0 bridgehead atoms. The Balaban J connectivity index is 2.40. The highest BCUT2D eigenvalue weighted by atomic mass is 35.5. The number of hydrogen-bond donors (Lipinski definition) is 0. The number of thioether (sulfide) groups is 1. The van der Waals surface area contributed by atoms with Gasteiger partial charge in [-0.3, -0.25) is 14.7 Å². The van der Waals surface area contributed by atoms with Gasteiger partial charge in [0.1, 0.15) is 0 Å². The van der Waals surface area contributed by atoms with Crippen LogP contribution < -0.4 is 9.47 Å². The smallest absolute Gasteiger partial charge is 0.343 e. The van der Waals surface area contributed by atoms with E-state index in [1.54, 1.807) is 23.1 Å². The van der Waals surface area contributed by atoms with Crippen LogP contribution in [0, 0.1) is 0 Å². The van der Waals surface area contributed by atoms with E-state index in [1.807, 2.05) is 34.6 Å². The van der Waals surface area contributed by atoms with Crippen molar-refractivity contribution < 1.29 is 23.8 Å². The molecule has 1 aromatic carbocycles. The van der Waals surface area contributed by atoms with Crippen LogP contribution in [-0.4, -0.2) is 54.4 Å². The van der Waals surface area contributed by atoms with Crippen LogP contribution in [0.15, 0.2) is 22.0 Å². The van der Waals surface area contributed by atoms with Crippen molar-refractivity contribution in [3.63, 3.8) is 0 Å². The molecule has 30 heavy (non-hydrogen) atoms. The number of methoxy groups -OCH3 is 1. The number of carbonyl (C=O) groups excluding carboxylic acids is 2. The zero-order chi connectivity index (χ0) is 22.4. The van der Waals surface area contributed by atoms with Crippen LogP contribution in [0.25, 0.3) is 6.08 Å². The molecule has 0 aromatic heterocycles. The molecule has 0 N–H and O–H groups in total. The molecule has 1 aliphatic rings. The first-order valence-corrected chi connectivity index (χ1v) is 10.8. The third kappa shape index (κ3) is 5.92. The summed E-state index contributed by atoms with van der Waals surface area (Å²) in [5.41, 5.74) is 0.680. The number of rotatable bonds is 8. The summed E-state index contributed by atoms with van der Waals surface area (Å²) >= 11 is 7.72. The van der Waals surface area contributed by atoms with Gasteiger partial charge in [-0.25, -0.2) is 4.79 Å². The van der Waals surface area contributed by atoms with Crippen molar-refractivity contribution in [3.8, 4) is 11.5 Å². The standard InChI is InChI=1S/C21H27ClN2O5S/c1-7-28-16-9-14(8-15(22)19(16)29-11-18(25)27-6)10-17-20(26)24(13(4)5)21(30-17)23-12(2)3/h8-10,12-13H,7,11H2,1-6H3/b17-10+,23-21?. The molecule has 1 aromatic rings. The molecular formula is C21H27ClN2O5S. The predicted molar refractivity (Wildman–Crippen MR) is 120 cm³/mol. The fourth-order valence-electron chi connectivity index (χ4n) is 2.67. The first-order chi connectivity index (χ1) is 14.2. The van der Waals surface area contributed by atoms with Gasteiger partial charge in [0, 0.05) is 12.1 Å². The quantitative estimate of drug-likeness (QED) is 0.428. The van der Waals surface area contributed by atoms with E-state index in [2.05, 4.69) is 9.73 Å². The lowest BCUT2D eigenvalue weighted by molar-refractivity contribution is -0.142. The number of amides is 1. The lowest BCUT2D eigenvalue weighted by atomic mass is 10.1. The Kier molecular flexibility index (Phi) is 8.61. The second-order valence-electron chi connectivity index (χ2n) is 7.01. The molecule has 9 heteroatoms. The predicted octanol–water partition coefficient (Wildman–Crippen LogP) is 4.38. The Morgan fingerprint density at radius 2 is 1.97 bits per heavy atom. The van der Waals surface area contributed by atoms with Gasteiger partial charge in [-0.2, -0.15) is 0 Å². The van der Waals surface area contributed by atoms with Crippen LogP contribution >= 0.6 is 23.4 Å². The Morgan fingerprint density at radius 1 is 1.27 bits per heavy atom. The third-order valence-electron chi connectivity index (χ3n) is 3.91. The molecule has 1 aliphatic heterocycles. The van der Waals surface area contributed by atoms with Gasteiger partial charge in [-0.15, -0.1) is 0 Å². The summed E-state index contributed by atoms with van der Waals surface area (Å²) in [5.74, 6) is 0.00299. The Bertz CT molecular complexity index is 867. The molecule has 0 aliphatic carbocycles. The number of hydrogen-bond acceptors (Lipinski definition) is 7. The number of amidine groups is 1. The summed E-state index contributed by atoms with van der Waals surface area (Å²) in [6.45, 7) is 9.77. The second kappa shape index (κ2) is 10.7. The summed E-state index contributed by atoms with van der Waals surface area (Å²) in [7, 11) is 1.28. The van der Waals surface area contributed by atoms with Crippen molar-refractivity contribution in [1.29, 1.82) is 0 Å². The minimum Gasteiger partial charge on any atom is -0.490 e. The molecular weight excluding hydrogens is 428 g/mol. The van der Waals surface area contributed by atoms with Crippen LogP contribution in [-0.2, 0) is 14.3 Å². The van der Waals surface area contributed by atoms with Crippen molar-refractivity contribution >= 4 is 46.5 Å². The van der Waals surface area contributed by atoms with Crippen LogP contribution in [0.1, 0.15) is 40.2 Å². The van der Waals surface area contributed by atoms with E-state index in [0.717, 1.165) is 0 Å². The number of benzene rings is 1. The van der Waals surface area contributed by atoms with Crippen molar-refractivity contribution in [1.82, 2.24) is 4.90 Å².